The number of benzene rings is 1. The lowest BCUT2D eigenvalue weighted by molar-refractivity contribution is 0.322. The standard InChI is InChI=1S/C17H23N3O2/c1-3-18-17(20-13-16-5-4-11-21-16)19-10-12-22-15-8-6-14(2)7-9-15/h4-9,11H,3,10,12-13H2,1-2H3,(H2,18,19,20). The number of furan rings is 1. The van der Waals surface area contributed by atoms with E-state index in [-0.39, 0.29) is 0 Å². The number of ether oxygens (including phenoxy) is 1. The van der Waals surface area contributed by atoms with Gasteiger partial charge in [-0.2, -0.15) is 0 Å². The molecule has 1 aromatic carbocycles. The third-order valence-electron chi connectivity index (χ3n) is 3.00. The van der Waals surface area contributed by atoms with E-state index in [1.54, 1.807) is 6.26 Å². The van der Waals surface area contributed by atoms with Gasteiger partial charge in [-0.15, -0.1) is 0 Å². The Balaban J connectivity index is 1.74. The molecule has 118 valence electrons. The first-order valence-corrected chi connectivity index (χ1v) is 7.52. The Morgan fingerprint density at radius 3 is 2.68 bits per heavy atom. The molecule has 0 saturated carbocycles. The molecular weight excluding hydrogens is 278 g/mol. The summed E-state index contributed by atoms with van der Waals surface area (Å²) in [6, 6.07) is 11.8. The van der Waals surface area contributed by atoms with Gasteiger partial charge in [0.1, 0.15) is 24.7 Å². The van der Waals surface area contributed by atoms with E-state index < -0.39 is 0 Å². The first-order chi connectivity index (χ1) is 10.8. The first-order valence-electron chi connectivity index (χ1n) is 7.52. The second-order valence-corrected chi connectivity index (χ2v) is 4.86. The van der Waals surface area contributed by atoms with Crippen LogP contribution in [0, 0.1) is 6.92 Å². The van der Waals surface area contributed by atoms with E-state index >= 15 is 0 Å². The number of aliphatic imine (C=N–C) groups is 1. The van der Waals surface area contributed by atoms with Crippen LogP contribution in [0.25, 0.3) is 0 Å². The van der Waals surface area contributed by atoms with Crippen LogP contribution in [-0.2, 0) is 6.54 Å². The van der Waals surface area contributed by atoms with Crippen LogP contribution in [0.4, 0.5) is 0 Å². The Bertz CT molecular complexity index is 562. The van der Waals surface area contributed by atoms with Crippen molar-refractivity contribution >= 4 is 5.96 Å². The van der Waals surface area contributed by atoms with E-state index in [0.29, 0.717) is 19.7 Å². The topological polar surface area (TPSA) is 58.8 Å². The number of nitrogens with one attached hydrogen (secondary N) is 2. The maximum absolute atomic E-state index is 5.68. The molecule has 22 heavy (non-hydrogen) atoms. The van der Waals surface area contributed by atoms with Gasteiger partial charge in [-0.05, 0) is 38.1 Å². The normalized spacial score (nSPS) is 11.3. The number of hydrogen-bond donors (Lipinski definition) is 2. The highest BCUT2D eigenvalue weighted by Gasteiger charge is 1.99. The van der Waals surface area contributed by atoms with Crippen molar-refractivity contribution in [1.29, 1.82) is 0 Å². The molecule has 0 fully saturated rings. The average Bonchev–Trinajstić information content (AvgIpc) is 3.04. The van der Waals surface area contributed by atoms with Crippen molar-refractivity contribution in [2.24, 2.45) is 4.99 Å². The lowest BCUT2D eigenvalue weighted by atomic mass is 10.2. The molecular formula is C17H23N3O2. The average molecular weight is 301 g/mol. The second-order valence-electron chi connectivity index (χ2n) is 4.86. The molecule has 0 aliphatic rings. The van der Waals surface area contributed by atoms with Crippen LogP contribution in [0.1, 0.15) is 18.2 Å². The van der Waals surface area contributed by atoms with Gasteiger partial charge in [0.15, 0.2) is 5.96 Å². The lowest BCUT2D eigenvalue weighted by Gasteiger charge is -2.12. The third kappa shape index (κ3) is 5.52. The SMILES string of the molecule is CCNC(=NCc1ccco1)NCCOc1ccc(C)cc1. The molecule has 1 aromatic heterocycles. The van der Waals surface area contributed by atoms with Crippen LogP contribution in [0.5, 0.6) is 5.75 Å². The van der Waals surface area contributed by atoms with Gasteiger partial charge in [0.25, 0.3) is 0 Å². The fraction of sp³-hybridized carbons (Fsp3) is 0.353. The van der Waals surface area contributed by atoms with Crippen LogP contribution in [-0.4, -0.2) is 25.7 Å². The Morgan fingerprint density at radius 2 is 2.00 bits per heavy atom. The van der Waals surface area contributed by atoms with Crippen LogP contribution in [0.15, 0.2) is 52.1 Å². The van der Waals surface area contributed by atoms with Gasteiger partial charge in [0.05, 0.1) is 12.8 Å². The number of rotatable bonds is 7. The van der Waals surface area contributed by atoms with Crippen LogP contribution in [0.3, 0.4) is 0 Å². The van der Waals surface area contributed by atoms with Crippen LogP contribution < -0.4 is 15.4 Å². The van der Waals surface area contributed by atoms with Crippen LogP contribution >= 0.6 is 0 Å². The predicted molar refractivity (Wildman–Crippen MR) is 88.2 cm³/mol. The van der Waals surface area contributed by atoms with Crippen molar-refractivity contribution in [3.63, 3.8) is 0 Å². The van der Waals surface area contributed by atoms with Crippen molar-refractivity contribution in [3.8, 4) is 5.75 Å². The van der Waals surface area contributed by atoms with Gasteiger partial charge in [0.2, 0.25) is 0 Å². The third-order valence-corrected chi connectivity index (χ3v) is 3.00. The minimum Gasteiger partial charge on any atom is -0.492 e. The highest BCUT2D eigenvalue weighted by molar-refractivity contribution is 5.79. The number of aryl methyl sites for hydroxylation is 1. The van der Waals surface area contributed by atoms with Gasteiger partial charge in [0, 0.05) is 6.54 Å². The number of nitrogens with zero attached hydrogens (tertiary/aromatic N) is 1. The largest absolute Gasteiger partial charge is 0.492 e. The summed E-state index contributed by atoms with van der Waals surface area (Å²) in [5, 5.41) is 6.43. The van der Waals surface area contributed by atoms with Gasteiger partial charge in [-0.25, -0.2) is 4.99 Å². The summed E-state index contributed by atoms with van der Waals surface area (Å²) >= 11 is 0. The molecule has 0 amide bonds. The first kappa shape index (κ1) is 15.9. The van der Waals surface area contributed by atoms with Crippen molar-refractivity contribution in [2.75, 3.05) is 19.7 Å². The summed E-state index contributed by atoms with van der Waals surface area (Å²) in [4.78, 5) is 4.46. The van der Waals surface area contributed by atoms with Crippen molar-refractivity contribution < 1.29 is 9.15 Å². The van der Waals surface area contributed by atoms with Gasteiger partial charge < -0.3 is 19.8 Å². The van der Waals surface area contributed by atoms with E-state index in [0.717, 1.165) is 24.0 Å². The smallest absolute Gasteiger partial charge is 0.191 e. The highest BCUT2D eigenvalue weighted by atomic mass is 16.5. The summed E-state index contributed by atoms with van der Waals surface area (Å²) in [5.74, 6) is 2.48. The lowest BCUT2D eigenvalue weighted by Crippen LogP contribution is -2.39. The zero-order chi connectivity index (χ0) is 15.6. The molecule has 0 radical (unpaired) electrons. The van der Waals surface area contributed by atoms with Crippen molar-refractivity contribution in [2.45, 2.75) is 20.4 Å². The molecule has 0 spiro atoms. The summed E-state index contributed by atoms with van der Waals surface area (Å²) in [6.07, 6.45) is 1.65. The predicted octanol–water partition coefficient (Wildman–Crippen LogP) is 2.72. The molecule has 0 bridgehead atoms. The molecule has 0 saturated heterocycles. The molecule has 5 nitrogen and oxygen atoms in total. The molecule has 0 unspecified atom stereocenters. The summed E-state index contributed by atoms with van der Waals surface area (Å²) in [7, 11) is 0. The fourth-order valence-corrected chi connectivity index (χ4v) is 1.87. The quantitative estimate of drug-likeness (QED) is 0.469. The minimum absolute atomic E-state index is 0.515. The zero-order valence-corrected chi connectivity index (χ0v) is 13.1. The second kappa shape index (κ2) is 8.77. The number of hydrogen-bond acceptors (Lipinski definition) is 3. The molecule has 2 N–H and O–H groups in total. The molecule has 0 aliphatic carbocycles. The van der Waals surface area contributed by atoms with Gasteiger partial charge >= 0.3 is 0 Å². The fourth-order valence-electron chi connectivity index (χ4n) is 1.87. The zero-order valence-electron chi connectivity index (χ0n) is 13.1. The van der Waals surface area contributed by atoms with Gasteiger partial charge in [-0.1, -0.05) is 17.7 Å². The molecule has 0 aliphatic heterocycles. The maximum atomic E-state index is 5.68. The molecule has 5 heteroatoms. The highest BCUT2D eigenvalue weighted by Crippen LogP contribution is 2.10. The van der Waals surface area contributed by atoms with E-state index in [1.807, 2.05) is 43.3 Å². The minimum atomic E-state index is 0.515. The maximum Gasteiger partial charge on any atom is 0.191 e. The van der Waals surface area contributed by atoms with Crippen LogP contribution in [0.2, 0.25) is 0 Å². The Kier molecular flexibility index (Phi) is 6.36. The summed E-state index contributed by atoms with van der Waals surface area (Å²) in [6.45, 7) is 6.67. The molecule has 1 heterocycles. The number of guanidine groups is 1. The Labute approximate surface area is 131 Å². The Morgan fingerprint density at radius 1 is 1.18 bits per heavy atom. The van der Waals surface area contributed by atoms with E-state index in [2.05, 4.69) is 22.5 Å². The molecule has 0 atom stereocenters. The van der Waals surface area contributed by atoms with Crippen molar-refractivity contribution in [1.82, 2.24) is 10.6 Å². The summed E-state index contributed by atoms with van der Waals surface area (Å²) < 4.78 is 10.9. The van der Waals surface area contributed by atoms with E-state index in [9.17, 15) is 0 Å². The van der Waals surface area contributed by atoms with E-state index in [1.165, 1.54) is 5.56 Å². The Hall–Kier alpha value is -2.43. The summed E-state index contributed by atoms with van der Waals surface area (Å²) in [5.41, 5.74) is 1.23. The van der Waals surface area contributed by atoms with Gasteiger partial charge in [-0.3, -0.25) is 0 Å². The molecule has 2 aromatic rings. The van der Waals surface area contributed by atoms with Crippen molar-refractivity contribution in [3.05, 3.63) is 54.0 Å². The molecule has 2 rings (SSSR count). The van der Waals surface area contributed by atoms with E-state index in [4.69, 9.17) is 9.15 Å². The monoisotopic (exact) mass is 301 g/mol.